The average Bonchev–Trinajstić information content (AvgIpc) is 2.34. The molecule has 0 bridgehead atoms. The van der Waals surface area contributed by atoms with Gasteiger partial charge in [-0.25, -0.2) is 0 Å². The SMILES string of the molecule is O=C[C@@H]1C[C@@H](CI)CN1. The summed E-state index contributed by atoms with van der Waals surface area (Å²) in [6.45, 7) is 1.02. The van der Waals surface area contributed by atoms with Gasteiger partial charge in [0.05, 0.1) is 6.04 Å². The first-order valence-electron chi connectivity index (χ1n) is 3.11. The van der Waals surface area contributed by atoms with Gasteiger partial charge in [-0.2, -0.15) is 0 Å². The van der Waals surface area contributed by atoms with Gasteiger partial charge in [0.25, 0.3) is 0 Å². The second kappa shape index (κ2) is 3.51. The van der Waals surface area contributed by atoms with Crippen LogP contribution in [0.4, 0.5) is 0 Å². The average molecular weight is 239 g/mol. The van der Waals surface area contributed by atoms with Crippen molar-refractivity contribution in [3.8, 4) is 0 Å². The number of hydrogen-bond donors (Lipinski definition) is 1. The number of alkyl halides is 1. The molecule has 9 heavy (non-hydrogen) atoms. The fourth-order valence-electron chi connectivity index (χ4n) is 1.07. The lowest BCUT2D eigenvalue weighted by Crippen LogP contribution is -2.22. The van der Waals surface area contributed by atoms with E-state index in [1.165, 1.54) is 0 Å². The molecule has 3 heteroatoms. The van der Waals surface area contributed by atoms with Crippen LogP contribution in [0.1, 0.15) is 6.42 Å². The Bertz CT molecular complexity index is 107. The van der Waals surface area contributed by atoms with E-state index in [1.54, 1.807) is 0 Å². The summed E-state index contributed by atoms with van der Waals surface area (Å²) in [6, 6.07) is 0.143. The molecule has 0 aromatic rings. The predicted molar refractivity (Wildman–Crippen MR) is 44.8 cm³/mol. The summed E-state index contributed by atoms with van der Waals surface area (Å²) in [5, 5.41) is 3.13. The molecule has 0 unspecified atom stereocenters. The van der Waals surface area contributed by atoms with Crippen LogP contribution >= 0.6 is 22.6 Å². The van der Waals surface area contributed by atoms with Crippen LogP contribution in [-0.4, -0.2) is 23.3 Å². The lowest BCUT2D eigenvalue weighted by molar-refractivity contribution is -0.109. The summed E-state index contributed by atoms with van der Waals surface area (Å²) in [6.07, 6.45) is 2.04. The van der Waals surface area contributed by atoms with Gasteiger partial charge in [-0.3, -0.25) is 0 Å². The third-order valence-corrected chi connectivity index (χ3v) is 2.88. The van der Waals surface area contributed by atoms with Crippen molar-refractivity contribution in [2.45, 2.75) is 12.5 Å². The summed E-state index contributed by atoms with van der Waals surface area (Å²) in [5.74, 6) is 0.723. The molecular weight excluding hydrogens is 229 g/mol. The second-order valence-electron chi connectivity index (χ2n) is 2.41. The lowest BCUT2D eigenvalue weighted by Gasteiger charge is -1.98. The van der Waals surface area contributed by atoms with Gasteiger partial charge in [-0.15, -0.1) is 0 Å². The zero-order chi connectivity index (χ0) is 6.69. The fourth-order valence-corrected chi connectivity index (χ4v) is 1.74. The van der Waals surface area contributed by atoms with Crippen LogP contribution < -0.4 is 5.32 Å². The van der Waals surface area contributed by atoms with Crippen LogP contribution in [0.25, 0.3) is 0 Å². The van der Waals surface area contributed by atoms with Gasteiger partial charge in [0, 0.05) is 4.43 Å². The van der Waals surface area contributed by atoms with E-state index in [9.17, 15) is 4.79 Å². The van der Waals surface area contributed by atoms with E-state index >= 15 is 0 Å². The van der Waals surface area contributed by atoms with Crippen molar-refractivity contribution in [3.05, 3.63) is 0 Å². The van der Waals surface area contributed by atoms with Crippen molar-refractivity contribution in [2.75, 3.05) is 11.0 Å². The van der Waals surface area contributed by atoms with Crippen molar-refractivity contribution in [2.24, 2.45) is 5.92 Å². The molecule has 1 N–H and O–H groups in total. The van der Waals surface area contributed by atoms with Gasteiger partial charge in [0.15, 0.2) is 0 Å². The van der Waals surface area contributed by atoms with Crippen molar-refractivity contribution in [1.82, 2.24) is 5.32 Å². The van der Waals surface area contributed by atoms with Crippen LogP contribution in [0.3, 0.4) is 0 Å². The number of nitrogens with one attached hydrogen (secondary N) is 1. The highest BCUT2D eigenvalue weighted by Gasteiger charge is 2.21. The molecule has 1 aliphatic heterocycles. The maximum Gasteiger partial charge on any atom is 0.136 e. The first kappa shape index (κ1) is 7.47. The molecule has 0 saturated carbocycles. The number of halogens is 1. The van der Waals surface area contributed by atoms with Crippen LogP contribution in [0.2, 0.25) is 0 Å². The molecule has 0 amide bonds. The summed E-state index contributed by atoms with van der Waals surface area (Å²) in [5.41, 5.74) is 0. The Kier molecular flexibility index (Phi) is 2.91. The molecule has 1 rings (SSSR count). The van der Waals surface area contributed by atoms with Crippen LogP contribution in [0.15, 0.2) is 0 Å². The van der Waals surface area contributed by atoms with E-state index in [4.69, 9.17) is 0 Å². The highest BCUT2D eigenvalue weighted by atomic mass is 127. The summed E-state index contributed by atoms with van der Waals surface area (Å²) < 4.78 is 1.16. The molecule has 0 aromatic carbocycles. The van der Waals surface area contributed by atoms with E-state index < -0.39 is 0 Å². The van der Waals surface area contributed by atoms with Crippen molar-refractivity contribution in [1.29, 1.82) is 0 Å². The Hall–Kier alpha value is 0.360. The minimum absolute atomic E-state index is 0.143. The van der Waals surface area contributed by atoms with Gasteiger partial charge < -0.3 is 10.1 Å². The Morgan fingerprint density at radius 2 is 2.56 bits per heavy atom. The molecule has 0 aliphatic carbocycles. The number of carbonyl (C=O) groups excluding carboxylic acids is 1. The molecule has 1 aliphatic rings. The standard InChI is InChI=1S/C6H10INO/c7-2-5-1-6(4-9)8-3-5/h4-6,8H,1-3H2/t5-,6-/m0/s1. The van der Waals surface area contributed by atoms with Crippen molar-refractivity contribution < 1.29 is 4.79 Å². The zero-order valence-corrected chi connectivity index (χ0v) is 7.30. The topological polar surface area (TPSA) is 29.1 Å². The Morgan fingerprint density at radius 3 is 2.89 bits per heavy atom. The summed E-state index contributed by atoms with van der Waals surface area (Å²) >= 11 is 2.36. The fraction of sp³-hybridized carbons (Fsp3) is 0.833. The molecule has 2 atom stereocenters. The van der Waals surface area contributed by atoms with Gasteiger partial charge in [-0.05, 0) is 18.9 Å². The van der Waals surface area contributed by atoms with E-state index in [0.717, 1.165) is 29.6 Å². The van der Waals surface area contributed by atoms with Crippen LogP contribution in [0.5, 0.6) is 0 Å². The highest BCUT2D eigenvalue weighted by Crippen LogP contribution is 2.14. The largest absolute Gasteiger partial charge is 0.307 e. The minimum atomic E-state index is 0.143. The molecule has 0 aromatic heterocycles. The monoisotopic (exact) mass is 239 g/mol. The predicted octanol–water partition coefficient (Wildman–Crippen LogP) is 0.598. The molecule has 52 valence electrons. The smallest absolute Gasteiger partial charge is 0.136 e. The Labute approximate surface area is 68.5 Å². The first-order valence-corrected chi connectivity index (χ1v) is 4.64. The third-order valence-electron chi connectivity index (χ3n) is 1.64. The number of hydrogen-bond acceptors (Lipinski definition) is 2. The maximum atomic E-state index is 10.2. The van der Waals surface area contributed by atoms with E-state index in [0.29, 0.717) is 0 Å². The summed E-state index contributed by atoms with van der Waals surface area (Å²) in [4.78, 5) is 10.2. The van der Waals surface area contributed by atoms with Crippen molar-refractivity contribution in [3.63, 3.8) is 0 Å². The lowest BCUT2D eigenvalue weighted by atomic mass is 10.1. The minimum Gasteiger partial charge on any atom is -0.307 e. The van der Waals surface area contributed by atoms with E-state index in [1.807, 2.05) is 0 Å². The van der Waals surface area contributed by atoms with Gasteiger partial charge in [0.1, 0.15) is 6.29 Å². The van der Waals surface area contributed by atoms with Crippen LogP contribution in [0, 0.1) is 5.92 Å². The first-order chi connectivity index (χ1) is 4.36. The molecule has 1 heterocycles. The number of carbonyl (C=O) groups is 1. The Balaban J connectivity index is 2.28. The van der Waals surface area contributed by atoms with Crippen molar-refractivity contribution >= 4 is 28.9 Å². The third kappa shape index (κ3) is 1.89. The summed E-state index contributed by atoms with van der Waals surface area (Å²) in [7, 11) is 0. The maximum absolute atomic E-state index is 10.2. The molecule has 2 nitrogen and oxygen atoms in total. The molecule has 1 saturated heterocycles. The molecule has 0 spiro atoms. The number of rotatable bonds is 2. The Morgan fingerprint density at radius 1 is 1.78 bits per heavy atom. The molecule has 1 fully saturated rings. The van der Waals surface area contributed by atoms with Gasteiger partial charge in [-0.1, -0.05) is 22.6 Å². The molecular formula is C6H10INO. The highest BCUT2D eigenvalue weighted by molar-refractivity contribution is 14.1. The normalized spacial score (nSPS) is 34.8. The van der Waals surface area contributed by atoms with E-state index in [-0.39, 0.29) is 6.04 Å². The molecule has 0 radical (unpaired) electrons. The van der Waals surface area contributed by atoms with Gasteiger partial charge in [0.2, 0.25) is 0 Å². The van der Waals surface area contributed by atoms with E-state index in [2.05, 4.69) is 27.9 Å². The quantitative estimate of drug-likeness (QED) is 0.434. The zero-order valence-electron chi connectivity index (χ0n) is 5.14. The number of aldehydes is 1. The van der Waals surface area contributed by atoms with Crippen LogP contribution in [-0.2, 0) is 4.79 Å². The second-order valence-corrected chi connectivity index (χ2v) is 3.29. The van der Waals surface area contributed by atoms with Gasteiger partial charge >= 0.3 is 0 Å².